The average molecular weight is 354 g/mol. The molecule has 0 atom stereocenters. The summed E-state index contributed by atoms with van der Waals surface area (Å²) in [4.78, 5) is 14.3. The third-order valence-corrected chi connectivity index (χ3v) is 5.94. The Hall–Kier alpha value is -2.06. The summed E-state index contributed by atoms with van der Waals surface area (Å²) in [5.41, 5.74) is 0.653. The summed E-state index contributed by atoms with van der Waals surface area (Å²) < 4.78 is 0. The second-order valence-corrected chi connectivity index (χ2v) is 8.54. The summed E-state index contributed by atoms with van der Waals surface area (Å²) >= 11 is 0. The zero-order valence-corrected chi connectivity index (χ0v) is 16.1. The summed E-state index contributed by atoms with van der Waals surface area (Å²) in [6.45, 7) is 8.03. The number of carbonyl (C=O) groups is 1. The Morgan fingerprint density at radius 3 is 2.46 bits per heavy atom. The number of urea groups is 1. The van der Waals surface area contributed by atoms with Crippen LogP contribution in [0.3, 0.4) is 0 Å². The van der Waals surface area contributed by atoms with Gasteiger partial charge in [0.1, 0.15) is 0 Å². The molecule has 26 heavy (non-hydrogen) atoms. The minimum atomic E-state index is -0.519. The van der Waals surface area contributed by atoms with E-state index in [0.29, 0.717) is 13.1 Å². The van der Waals surface area contributed by atoms with Crippen molar-refractivity contribution in [2.75, 3.05) is 19.6 Å². The van der Waals surface area contributed by atoms with Crippen molar-refractivity contribution in [2.45, 2.75) is 57.5 Å². The second-order valence-electron chi connectivity index (χ2n) is 8.54. The largest absolute Gasteiger partial charge is 0.331 e. The van der Waals surface area contributed by atoms with Gasteiger partial charge in [-0.05, 0) is 51.6 Å². The fourth-order valence-electron chi connectivity index (χ4n) is 4.52. The van der Waals surface area contributed by atoms with Crippen molar-refractivity contribution in [3.8, 4) is 6.07 Å². The molecule has 1 saturated carbocycles. The van der Waals surface area contributed by atoms with Gasteiger partial charge in [-0.15, -0.1) is 0 Å². The van der Waals surface area contributed by atoms with Gasteiger partial charge in [0.05, 0.1) is 17.0 Å². The molecule has 5 heteroatoms. The number of nitrogens with one attached hydrogen (secondary N) is 2. The van der Waals surface area contributed by atoms with Crippen LogP contribution < -0.4 is 10.6 Å². The third-order valence-electron chi connectivity index (χ3n) is 5.94. The van der Waals surface area contributed by atoms with E-state index in [-0.39, 0.29) is 17.1 Å². The van der Waals surface area contributed by atoms with Crippen LogP contribution in [0.2, 0.25) is 0 Å². The summed E-state index contributed by atoms with van der Waals surface area (Å²) in [5.74, 6) is 0. The smallest absolute Gasteiger partial charge is 0.318 e. The van der Waals surface area contributed by atoms with Crippen molar-refractivity contribution in [1.29, 1.82) is 5.26 Å². The van der Waals surface area contributed by atoms with Crippen LogP contribution in [0.4, 0.5) is 4.79 Å². The molecular formula is C21H30N4O. The maximum absolute atomic E-state index is 12.5. The number of hydrogen-bond donors (Lipinski definition) is 2. The van der Waals surface area contributed by atoms with Crippen molar-refractivity contribution < 1.29 is 4.79 Å². The highest BCUT2D eigenvalue weighted by Gasteiger charge is 2.49. The Balaban J connectivity index is 1.73. The lowest BCUT2D eigenvalue weighted by Gasteiger charge is -2.45. The lowest BCUT2D eigenvalue weighted by atomic mass is 9.69. The Labute approximate surface area is 156 Å². The van der Waals surface area contributed by atoms with E-state index in [1.807, 2.05) is 18.7 Å². The molecule has 1 aromatic rings. The van der Waals surface area contributed by atoms with Crippen molar-refractivity contribution in [2.24, 2.45) is 5.41 Å². The monoisotopic (exact) mass is 354 g/mol. The molecule has 1 aliphatic heterocycles. The molecule has 5 nitrogen and oxygen atoms in total. The van der Waals surface area contributed by atoms with E-state index < -0.39 is 5.41 Å². The van der Waals surface area contributed by atoms with E-state index >= 15 is 0 Å². The van der Waals surface area contributed by atoms with E-state index in [4.69, 9.17) is 0 Å². The predicted octanol–water partition coefficient (Wildman–Crippen LogP) is 3.38. The fourth-order valence-corrected chi connectivity index (χ4v) is 4.52. The highest BCUT2D eigenvalue weighted by molar-refractivity contribution is 5.78. The summed E-state index contributed by atoms with van der Waals surface area (Å²) in [6.07, 6.45) is 3.90. The van der Waals surface area contributed by atoms with E-state index in [0.717, 1.165) is 32.2 Å². The number of benzene rings is 1. The molecule has 1 spiro atoms. The molecule has 1 saturated heterocycles. The lowest BCUT2D eigenvalue weighted by molar-refractivity contribution is 0.149. The van der Waals surface area contributed by atoms with Gasteiger partial charge >= 0.3 is 6.03 Å². The van der Waals surface area contributed by atoms with Gasteiger partial charge in [0.15, 0.2) is 0 Å². The van der Waals surface area contributed by atoms with Gasteiger partial charge in [-0.25, -0.2) is 4.79 Å². The molecule has 140 valence electrons. The Kier molecular flexibility index (Phi) is 4.98. The Bertz CT molecular complexity index is 684. The van der Waals surface area contributed by atoms with Gasteiger partial charge in [-0.2, -0.15) is 5.26 Å². The van der Waals surface area contributed by atoms with Gasteiger partial charge < -0.3 is 15.5 Å². The average Bonchev–Trinajstić information content (AvgIpc) is 2.93. The normalized spacial score (nSPS) is 28.8. The van der Waals surface area contributed by atoms with Gasteiger partial charge in [0.2, 0.25) is 0 Å². The number of nitrogens with zero attached hydrogens (tertiary/aromatic N) is 2. The number of hydrogen-bond acceptors (Lipinski definition) is 3. The molecule has 0 radical (unpaired) electrons. The zero-order valence-electron chi connectivity index (χ0n) is 16.1. The van der Waals surface area contributed by atoms with E-state index in [9.17, 15) is 10.1 Å². The van der Waals surface area contributed by atoms with Crippen LogP contribution in [0, 0.1) is 16.7 Å². The summed E-state index contributed by atoms with van der Waals surface area (Å²) in [6, 6.07) is 12.9. The minimum absolute atomic E-state index is 0.00860. The molecule has 2 amide bonds. The van der Waals surface area contributed by atoms with Crippen LogP contribution in [0.15, 0.2) is 30.3 Å². The third kappa shape index (κ3) is 3.57. The Morgan fingerprint density at radius 2 is 1.88 bits per heavy atom. The fraction of sp³-hybridized carbons (Fsp3) is 0.619. The van der Waals surface area contributed by atoms with E-state index in [1.54, 1.807) is 0 Å². The summed E-state index contributed by atoms with van der Waals surface area (Å²) in [7, 11) is 0. The van der Waals surface area contributed by atoms with Crippen molar-refractivity contribution in [3.05, 3.63) is 35.9 Å². The number of carbonyl (C=O) groups excluding carboxylic acids is 1. The maximum atomic E-state index is 12.5. The van der Waals surface area contributed by atoms with E-state index in [2.05, 4.69) is 54.0 Å². The van der Waals surface area contributed by atoms with Crippen molar-refractivity contribution >= 4 is 6.03 Å². The standard InChI is InChI=1S/C21H30N4O/c1-4-23-21(17-8-6-5-7-9-17)12-10-20(11-13-21)16-25(18(26)24-20)15-19(2,3)14-22/h5-9,23H,4,10-13,15-16H2,1-3H3,(H,24,26)/t20-,21+. The first-order valence-corrected chi connectivity index (χ1v) is 9.63. The van der Waals surface area contributed by atoms with E-state index in [1.165, 1.54) is 5.56 Å². The first kappa shape index (κ1) is 18.7. The quantitative estimate of drug-likeness (QED) is 0.852. The topological polar surface area (TPSA) is 68.2 Å². The SMILES string of the molecule is CCN[C@]1(c2ccccc2)CC[C@]2(CC1)CN(CC(C)(C)C#N)C(=O)N2. The molecule has 1 heterocycles. The van der Waals surface area contributed by atoms with Crippen LogP contribution in [0.25, 0.3) is 0 Å². The number of rotatable bonds is 5. The predicted molar refractivity (Wildman–Crippen MR) is 102 cm³/mol. The molecular weight excluding hydrogens is 324 g/mol. The van der Waals surface area contributed by atoms with Crippen molar-refractivity contribution in [1.82, 2.24) is 15.5 Å². The first-order valence-electron chi connectivity index (χ1n) is 9.63. The van der Waals surface area contributed by atoms with Crippen LogP contribution in [-0.2, 0) is 5.54 Å². The van der Waals surface area contributed by atoms with Gasteiger partial charge in [-0.3, -0.25) is 0 Å². The van der Waals surface area contributed by atoms with Gasteiger partial charge in [-0.1, -0.05) is 37.3 Å². The molecule has 3 rings (SSSR count). The highest BCUT2D eigenvalue weighted by Crippen LogP contribution is 2.43. The molecule has 2 fully saturated rings. The Morgan fingerprint density at radius 1 is 1.23 bits per heavy atom. The van der Waals surface area contributed by atoms with Crippen LogP contribution in [0.1, 0.15) is 52.0 Å². The molecule has 1 aliphatic carbocycles. The van der Waals surface area contributed by atoms with Crippen molar-refractivity contribution in [3.63, 3.8) is 0 Å². The molecule has 0 bridgehead atoms. The number of nitriles is 1. The molecule has 2 N–H and O–H groups in total. The molecule has 2 aliphatic rings. The number of amides is 2. The van der Waals surface area contributed by atoms with Crippen LogP contribution >= 0.6 is 0 Å². The second kappa shape index (κ2) is 6.92. The summed E-state index contributed by atoms with van der Waals surface area (Å²) in [5, 5.41) is 16.2. The van der Waals surface area contributed by atoms with Gasteiger partial charge in [0, 0.05) is 18.6 Å². The molecule has 1 aromatic carbocycles. The first-order chi connectivity index (χ1) is 12.3. The minimum Gasteiger partial charge on any atom is -0.331 e. The molecule has 0 unspecified atom stereocenters. The molecule has 0 aromatic heterocycles. The van der Waals surface area contributed by atoms with Crippen LogP contribution in [-0.4, -0.2) is 36.1 Å². The highest BCUT2D eigenvalue weighted by atomic mass is 16.2. The van der Waals surface area contributed by atoms with Gasteiger partial charge in [0.25, 0.3) is 0 Å². The zero-order chi connectivity index (χ0) is 18.8. The van der Waals surface area contributed by atoms with Crippen LogP contribution in [0.5, 0.6) is 0 Å². The lowest BCUT2D eigenvalue weighted by Crippen LogP contribution is -2.54. The maximum Gasteiger partial charge on any atom is 0.318 e.